The second-order valence-electron chi connectivity index (χ2n) is 6.04. The number of thioether (sulfide) groups is 1. The molecule has 0 aliphatic carbocycles. The van der Waals surface area contributed by atoms with Crippen LogP contribution in [0.5, 0.6) is 11.5 Å². The lowest BCUT2D eigenvalue weighted by Gasteiger charge is -2.25. The Bertz CT molecular complexity index is 877. The highest BCUT2D eigenvalue weighted by Crippen LogP contribution is 2.36. The number of rotatable bonds is 4. The van der Waals surface area contributed by atoms with Crippen molar-refractivity contribution < 1.29 is 9.47 Å². The zero-order valence-corrected chi connectivity index (χ0v) is 15.0. The van der Waals surface area contributed by atoms with Crippen LogP contribution < -0.4 is 9.47 Å². The minimum absolute atomic E-state index is 0.249. The first-order valence-corrected chi connectivity index (χ1v) is 9.15. The van der Waals surface area contributed by atoms with E-state index in [0.717, 1.165) is 28.2 Å². The molecule has 4 rings (SSSR count). The molecule has 0 bridgehead atoms. The second kappa shape index (κ2) is 6.80. The van der Waals surface area contributed by atoms with E-state index >= 15 is 0 Å². The Morgan fingerprint density at radius 3 is 2.64 bits per heavy atom. The number of para-hydroxylation sites is 2. The topological polar surface area (TPSA) is 49.2 Å². The lowest BCUT2D eigenvalue weighted by atomic mass is 10.2. The van der Waals surface area contributed by atoms with Crippen LogP contribution in [0.1, 0.15) is 23.1 Å². The van der Waals surface area contributed by atoms with Gasteiger partial charge < -0.3 is 14.0 Å². The molecule has 0 unspecified atom stereocenters. The predicted octanol–water partition coefficient (Wildman–Crippen LogP) is 3.93. The van der Waals surface area contributed by atoms with Crippen LogP contribution in [0, 0.1) is 6.92 Å². The fraction of sp³-hybridized carbons (Fsp3) is 0.263. The quantitative estimate of drug-likeness (QED) is 0.665. The highest BCUT2D eigenvalue weighted by Gasteiger charge is 2.27. The lowest BCUT2D eigenvalue weighted by Crippen LogP contribution is -2.24. The summed E-state index contributed by atoms with van der Waals surface area (Å²) in [6, 6.07) is 16.2. The van der Waals surface area contributed by atoms with Crippen molar-refractivity contribution >= 4 is 11.8 Å². The van der Waals surface area contributed by atoms with Crippen LogP contribution in [0.2, 0.25) is 0 Å². The van der Waals surface area contributed by atoms with E-state index in [2.05, 4.69) is 41.4 Å². The molecular weight excluding hydrogens is 334 g/mol. The number of hydrogen-bond acceptors (Lipinski definition) is 5. The van der Waals surface area contributed by atoms with E-state index in [0.29, 0.717) is 6.61 Å². The minimum atomic E-state index is -0.249. The van der Waals surface area contributed by atoms with Crippen LogP contribution in [0.25, 0.3) is 0 Å². The molecular formula is C19H19N3O2S. The summed E-state index contributed by atoms with van der Waals surface area (Å²) in [7, 11) is 1.97. The molecule has 0 saturated heterocycles. The number of nitrogens with zero attached hydrogens (tertiary/aromatic N) is 3. The molecule has 0 radical (unpaired) electrons. The van der Waals surface area contributed by atoms with Crippen LogP contribution in [0.15, 0.2) is 53.7 Å². The molecule has 0 N–H and O–H groups in total. The number of benzene rings is 2. The number of hydrogen-bond donors (Lipinski definition) is 0. The van der Waals surface area contributed by atoms with E-state index < -0.39 is 0 Å². The van der Waals surface area contributed by atoms with E-state index in [4.69, 9.17) is 9.47 Å². The van der Waals surface area contributed by atoms with Gasteiger partial charge in [-0.15, -0.1) is 10.2 Å². The average molecular weight is 353 g/mol. The molecule has 128 valence electrons. The van der Waals surface area contributed by atoms with Crippen molar-refractivity contribution in [1.29, 1.82) is 0 Å². The summed E-state index contributed by atoms with van der Waals surface area (Å²) in [5.74, 6) is 3.16. The molecule has 0 spiro atoms. The maximum Gasteiger partial charge on any atom is 0.192 e. The summed E-state index contributed by atoms with van der Waals surface area (Å²) in [5.41, 5.74) is 2.54. The zero-order valence-electron chi connectivity index (χ0n) is 14.2. The third-order valence-corrected chi connectivity index (χ3v) is 5.25. The number of fused-ring (bicyclic) bond motifs is 1. The summed E-state index contributed by atoms with van der Waals surface area (Å²) in [6.45, 7) is 2.53. The van der Waals surface area contributed by atoms with Gasteiger partial charge in [0.2, 0.25) is 0 Å². The van der Waals surface area contributed by atoms with Crippen molar-refractivity contribution in [3.05, 3.63) is 65.5 Å². The summed E-state index contributed by atoms with van der Waals surface area (Å²) in [4.78, 5) is 0. The third kappa shape index (κ3) is 3.35. The summed E-state index contributed by atoms with van der Waals surface area (Å²) in [5, 5.41) is 9.52. The van der Waals surface area contributed by atoms with Crippen molar-refractivity contribution in [2.75, 3.05) is 6.61 Å². The van der Waals surface area contributed by atoms with Crippen LogP contribution in [0.3, 0.4) is 0 Å². The van der Waals surface area contributed by atoms with E-state index in [1.165, 1.54) is 11.1 Å². The number of ether oxygens (including phenoxy) is 2. The summed E-state index contributed by atoms with van der Waals surface area (Å²) in [6.07, 6.45) is -0.249. The Kier molecular flexibility index (Phi) is 4.36. The molecule has 0 saturated carbocycles. The largest absolute Gasteiger partial charge is 0.485 e. The van der Waals surface area contributed by atoms with Gasteiger partial charge in [-0.2, -0.15) is 0 Å². The molecule has 1 atom stereocenters. The maximum absolute atomic E-state index is 6.03. The first-order chi connectivity index (χ1) is 12.2. The number of aromatic nitrogens is 3. The monoisotopic (exact) mass is 353 g/mol. The van der Waals surface area contributed by atoms with Crippen molar-refractivity contribution in [2.24, 2.45) is 7.05 Å². The standard InChI is InChI=1S/C19H19N3O2S/c1-13-7-9-14(10-8-13)12-25-19-21-20-18(22(19)2)17-11-23-15-5-3-4-6-16(15)24-17/h3-10,17H,11-12H2,1-2H3/t17-/m0/s1. The van der Waals surface area contributed by atoms with Crippen molar-refractivity contribution in [3.8, 4) is 11.5 Å². The molecule has 0 amide bonds. The smallest absolute Gasteiger partial charge is 0.192 e. The molecule has 2 heterocycles. The first-order valence-electron chi connectivity index (χ1n) is 8.17. The third-order valence-electron chi connectivity index (χ3n) is 4.15. The van der Waals surface area contributed by atoms with Crippen LogP contribution >= 0.6 is 11.8 Å². The molecule has 6 heteroatoms. The molecule has 2 aromatic carbocycles. The fourth-order valence-electron chi connectivity index (χ4n) is 2.71. The van der Waals surface area contributed by atoms with Gasteiger partial charge in [0.05, 0.1) is 0 Å². The Morgan fingerprint density at radius 2 is 1.84 bits per heavy atom. The molecule has 3 aromatic rings. The van der Waals surface area contributed by atoms with Gasteiger partial charge in [-0.25, -0.2) is 0 Å². The Morgan fingerprint density at radius 1 is 1.08 bits per heavy atom. The SMILES string of the molecule is Cc1ccc(CSc2nnc([C@@H]3COc4ccccc4O3)n2C)cc1. The van der Waals surface area contributed by atoms with Gasteiger partial charge in [-0.3, -0.25) is 0 Å². The Balaban J connectivity index is 1.47. The summed E-state index contributed by atoms with van der Waals surface area (Å²) >= 11 is 1.67. The van der Waals surface area contributed by atoms with E-state index in [1.54, 1.807) is 11.8 Å². The summed E-state index contributed by atoms with van der Waals surface area (Å²) < 4.78 is 13.8. The molecule has 25 heavy (non-hydrogen) atoms. The van der Waals surface area contributed by atoms with Gasteiger partial charge in [0.15, 0.2) is 28.6 Å². The average Bonchev–Trinajstić information content (AvgIpc) is 3.01. The maximum atomic E-state index is 6.03. The molecule has 0 fully saturated rings. The van der Waals surface area contributed by atoms with Crippen molar-refractivity contribution in [3.63, 3.8) is 0 Å². The minimum Gasteiger partial charge on any atom is -0.485 e. The van der Waals surface area contributed by atoms with Gasteiger partial charge >= 0.3 is 0 Å². The van der Waals surface area contributed by atoms with Crippen molar-refractivity contribution in [2.45, 2.75) is 23.9 Å². The molecule has 1 aromatic heterocycles. The van der Waals surface area contributed by atoms with Crippen LogP contribution in [-0.4, -0.2) is 21.4 Å². The van der Waals surface area contributed by atoms with Crippen LogP contribution in [0.4, 0.5) is 0 Å². The first kappa shape index (κ1) is 16.0. The fourth-order valence-corrected chi connectivity index (χ4v) is 3.59. The van der Waals surface area contributed by atoms with Crippen molar-refractivity contribution in [1.82, 2.24) is 14.8 Å². The van der Waals surface area contributed by atoms with Gasteiger partial charge in [-0.05, 0) is 24.6 Å². The van der Waals surface area contributed by atoms with E-state index in [9.17, 15) is 0 Å². The normalized spacial score (nSPS) is 16.0. The lowest BCUT2D eigenvalue weighted by molar-refractivity contribution is 0.0825. The highest BCUT2D eigenvalue weighted by molar-refractivity contribution is 7.98. The molecule has 5 nitrogen and oxygen atoms in total. The Labute approximate surface area is 151 Å². The van der Waals surface area contributed by atoms with E-state index in [-0.39, 0.29) is 6.10 Å². The van der Waals surface area contributed by atoms with Crippen LogP contribution in [-0.2, 0) is 12.8 Å². The van der Waals surface area contributed by atoms with E-state index in [1.807, 2.05) is 35.9 Å². The van der Waals surface area contributed by atoms with Gasteiger partial charge in [0.25, 0.3) is 0 Å². The molecule has 1 aliphatic heterocycles. The predicted molar refractivity (Wildman–Crippen MR) is 97.0 cm³/mol. The highest BCUT2D eigenvalue weighted by atomic mass is 32.2. The second-order valence-corrected chi connectivity index (χ2v) is 6.98. The van der Waals surface area contributed by atoms with Gasteiger partial charge in [-0.1, -0.05) is 53.7 Å². The Hall–Kier alpha value is -2.47. The zero-order chi connectivity index (χ0) is 17.2. The van der Waals surface area contributed by atoms with Gasteiger partial charge in [0, 0.05) is 12.8 Å². The number of aryl methyl sites for hydroxylation is 1. The molecule has 1 aliphatic rings. The van der Waals surface area contributed by atoms with Gasteiger partial charge in [0.1, 0.15) is 6.61 Å².